The summed E-state index contributed by atoms with van der Waals surface area (Å²) in [5.41, 5.74) is 1.86. The van der Waals surface area contributed by atoms with Gasteiger partial charge in [0.15, 0.2) is 9.84 Å². The summed E-state index contributed by atoms with van der Waals surface area (Å²) in [4.78, 5) is 16.7. The fourth-order valence-corrected chi connectivity index (χ4v) is 4.13. The molecule has 136 valence electrons. The number of nitrogens with zero attached hydrogens (tertiary/aromatic N) is 4. The molecule has 0 bridgehead atoms. The summed E-state index contributed by atoms with van der Waals surface area (Å²) in [6.07, 6.45) is 5.71. The Kier molecular flexibility index (Phi) is 4.07. The van der Waals surface area contributed by atoms with Crippen LogP contribution in [0.5, 0.6) is 0 Å². The van der Waals surface area contributed by atoms with Crippen molar-refractivity contribution in [3.05, 3.63) is 42.9 Å². The molecule has 1 unspecified atom stereocenters. The second kappa shape index (κ2) is 6.28. The van der Waals surface area contributed by atoms with Gasteiger partial charge in [-0.05, 0) is 36.8 Å². The molecule has 0 saturated carbocycles. The van der Waals surface area contributed by atoms with Gasteiger partial charge in [0.05, 0.1) is 10.3 Å². The number of fused-ring (bicyclic) bond motifs is 1. The maximum atomic E-state index is 11.6. The topological polar surface area (TPSA) is 82.2 Å². The number of aromatic nitrogens is 3. The highest BCUT2D eigenvalue weighted by Crippen LogP contribution is 2.28. The van der Waals surface area contributed by atoms with Crippen LogP contribution in [0.25, 0.3) is 11.0 Å². The molecule has 7 nitrogen and oxygen atoms in total. The second-order valence-electron chi connectivity index (χ2n) is 6.70. The maximum absolute atomic E-state index is 11.6. The first-order valence-electron chi connectivity index (χ1n) is 8.49. The average molecular weight is 371 g/mol. The standard InChI is InChI=1S/C18H21N5O2S/c1-22(13-3-5-15(6-4-13)26(2,24)25)14-8-10-23(11-14)18-16-7-9-19-17(16)20-12-21-18/h3-7,9,12,14H,8,10-11H2,1-2H3,(H,19,20,21). The Morgan fingerprint density at radius 2 is 1.96 bits per heavy atom. The van der Waals surface area contributed by atoms with Crippen LogP contribution in [0.1, 0.15) is 6.42 Å². The van der Waals surface area contributed by atoms with Gasteiger partial charge >= 0.3 is 0 Å². The lowest BCUT2D eigenvalue weighted by molar-refractivity contribution is 0.602. The van der Waals surface area contributed by atoms with Crippen LogP contribution in [0.2, 0.25) is 0 Å². The van der Waals surface area contributed by atoms with Gasteiger partial charge in [0.1, 0.15) is 17.8 Å². The van der Waals surface area contributed by atoms with Gasteiger partial charge < -0.3 is 14.8 Å². The molecule has 1 aromatic carbocycles. The minimum Gasteiger partial charge on any atom is -0.370 e. The van der Waals surface area contributed by atoms with E-state index in [9.17, 15) is 8.42 Å². The predicted octanol–water partition coefficient (Wildman–Crippen LogP) is 2.08. The third-order valence-electron chi connectivity index (χ3n) is 5.02. The second-order valence-corrected chi connectivity index (χ2v) is 8.72. The first kappa shape index (κ1) is 16.8. The van der Waals surface area contributed by atoms with Crippen molar-refractivity contribution < 1.29 is 8.42 Å². The lowest BCUT2D eigenvalue weighted by Gasteiger charge is -2.27. The van der Waals surface area contributed by atoms with Crippen LogP contribution in [0.3, 0.4) is 0 Å². The quantitative estimate of drug-likeness (QED) is 0.756. The summed E-state index contributed by atoms with van der Waals surface area (Å²) >= 11 is 0. The van der Waals surface area contributed by atoms with E-state index in [2.05, 4.69) is 31.8 Å². The summed E-state index contributed by atoms with van der Waals surface area (Å²) in [5.74, 6) is 0.958. The van der Waals surface area contributed by atoms with Crippen molar-refractivity contribution in [3.63, 3.8) is 0 Å². The van der Waals surface area contributed by atoms with Crippen LogP contribution < -0.4 is 9.80 Å². The minimum atomic E-state index is -3.17. The van der Waals surface area contributed by atoms with Crippen LogP contribution in [0.4, 0.5) is 11.5 Å². The molecule has 4 rings (SSSR count). The number of hydrogen-bond donors (Lipinski definition) is 1. The van der Waals surface area contributed by atoms with Gasteiger partial charge in [0, 0.05) is 44.3 Å². The van der Waals surface area contributed by atoms with Gasteiger partial charge in [-0.2, -0.15) is 0 Å². The monoisotopic (exact) mass is 371 g/mol. The van der Waals surface area contributed by atoms with Gasteiger partial charge in [-0.25, -0.2) is 18.4 Å². The normalized spacial score (nSPS) is 17.8. The molecular formula is C18H21N5O2S. The molecule has 1 fully saturated rings. The summed E-state index contributed by atoms with van der Waals surface area (Å²) in [5, 5.41) is 1.04. The number of anilines is 2. The highest BCUT2D eigenvalue weighted by Gasteiger charge is 2.28. The zero-order chi connectivity index (χ0) is 18.3. The average Bonchev–Trinajstić information content (AvgIpc) is 3.29. The number of rotatable bonds is 4. The molecule has 1 saturated heterocycles. The predicted molar refractivity (Wildman–Crippen MR) is 102 cm³/mol. The number of benzene rings is 1. The molecule has 0 spiro atoms. The minimum absolute atomic E-state index is 0.336. The van der Waals surface area contributed by atoms with Gasteiger partial charge in [-0.15, -0.1) is 0 Å². The van der Waals surface area contributed by atoms with E-state index in [0.717, 1.165) is 42.0 Å². The molecule has 26 heavy (non-hydrogen) atoms. The molecule has 1 atom stereocenters. The van der Waals surface area contributed by atoms with Crippen LogP contribution >= 0.6 is 0 Å². The zero-order valence-corrected chi connectivity index (χ0v) is 15.6. The van der Waals surface area contributed by atoms with Gasteiger partial charge in [0.25, 0.3) is 0 Å². The molecule has 0 radical (unpaired) electrons. The third kappa shape index (κ3) is 3.01. The number of aromatic amines is 1. The van der Waals surface area contributed by atoms with E-state index in [4.69, 9.17) is 0 Å². The third-order valence-corrected chi connectivity index (χ3v) is 6.14. The highest BCUT2D eigenvalue weighted by atomic mass is 32.2. The van der Waals surface area contributed by atoms with Gasteiger partial charge in [-0.1, -0.05) is 0 Å². The SMILES string of the molecule is CN(c1ccc(S(C)(=O)=O)cc1)C1CCN(c2ncnc3[nH]ccc23)C1. The number of nitrogens with one attached hydrogen (secondary N) is 1. The Bertz CT molecular complexity index is 1030. The van der Waals surface area contributed by atoms with Crippen molar-refractivity contribution in [2.45, 2.75) is 17.4 Å². The van der Waals surface area contributed by atoms with Crippen molar-refractivity contribution in [1.82, 2.24) is 15.0 Å². The van der Waals surface area contributed by atoms with E-state index in [1.165, 1.54) is 6.26 Å². The molecule has 1 aliphatic rings. The molecule has 1 aliphatic heterocycles. The van der Waals surface area contributed by atoms with Crippen molar-refractivity contribution >= 4 is 32.4 Å². The molecule has 2 aromatic heterocycles. The van der Waals surface area contributed by atoms with Crippen molar-refractivity contribution in [3.8, 4) is 0 Å². The van der Waals surface area contributed by atoms with Gasteiger partial charge in [-0.3, -0.25) is 0 Å². The van der Waals surface area contributed by atoms with E-state index in [1.54, 1.807) is 18.5 Å². The van der Waals surface area contributed by atoms with Gasteiger partial charge in [0.2, 0.25) is 0 Å². The van der Waals surface area contributed by atoms with Crippen LogP contribution in [0, 0.1) is 0 Å². The van der Waals surface area contributed by atoms with E-state index in [1.807, 2.05) is 24.4 Å². The van der Waals surface area contributed by atoms with E-state index in [-0.39, 0.29) is 0 Å². The fourth-order valence-electron chi connectivity index (χ4n) is 3.50. The number of hydrogen-bond acceptors (Lipinski definition) is 6. The lowest BCUT2D eigenvalue weighted by atomic mass is 10.2. The highest BCUT2D eigenvalue weighted by molar-refractivity contribution is 7.90. The largest absolute Gasteiger partial charge is 0.370 e. The summed E-state index contributed by atoms with van der Waals surface area (Å²) in [6.45, 7) is 1.79. The van der Waals surface area contributed by atoms with Crippen LogP contribution in [0.15, 0.2) is 47.8 Å². The van der Waals surface area contributed by atoms with Crippen molar-refractivity contribution in [2.75, 3.05) is 36.2 Å². The summed E-state index contributed by atoms with van der Waals surface area (Å²) in [7, 11) is -1.12. The lowest BCUT2D eigenvalue weighted by Crippen LogP contribution is -2.34. The van der Waals surface area contributed by atoms with E-state index in [0.29, 0.717) is 10.9 Å². The Balaban J connectivity index is 1.52. The summed E-state index contributed by atoms with van der Waals surface area (Å²) < 4.78 is 23.2. The number of sulfone groups is 1. The smallest absolute Gasteiger partial charge is 0.175 e. The first-order chi connectivity index (χ1) is 12.4. The summed E-state index contributed by atoms with van der Waals surface area (Å²) in [6, 6.07) is 9.42. The molecule has 8 heteroatoms. The maximum Gasteiger partial charge on any atom is 0.175 e. The van der Waals surface area contributed by atoms with Crippen LogP contribution in [-0.2, 0) is 9.84 Å². The Labute approximate surface area is 152 Å². The molecule has 3 aromatic rings. The molecule has 1 N–H and O–H groups in total. The molecule has 0 amide bonds. The zero-order valence-electron chi connectivity index (χ0n) is 14.8. The molecule has 0 aliphatic carbocycles. The van der Waals surface area contributed by atoms with E-state index >= 15 is 0 Å². The Morgan fingerprint density at radius 1 is 1.19 bits per heavy atom. The molecule has 3 heterocycles. The van der Waals surface area contributed by atoms with Crippen molar-refractivity contribution in [1.29, 1.82) is 0 Å². The Hall–Kier alpha value is -2.61. The van der Waals surface area contributed by atoms with E-state index < -0.39 is 9.84 Å². The van der Waals surface area contributed by atoms with Crippen LogP contribution in [-0.4, -0.2) is 55.8 Å². The fraction of sp³-hybridized carbons (Fsp3) is 0.333. The number of H-pyrrole nitrogens is 1. The van der Waals surface area contributed by atoms with Crippen molar-refractivity contribution in [2.24, 2.45) is 0 Å². The Morgan fingerprint density at radius 3 is 2.69 bits per heavy atom. The molecular weight excluding hydrogens is 350 g/mol. The first-order valence-corrected chi connectivity index (χ1v) is 10.4. The number of likely N-dealkylation sites (N-methyl/N-ethyl adjacent to an activating group) is 1.